The van der Waals surface area contributed by atoms with Gasteiger partial charge in [0.15, 0.2) is 0 Å². The molecule has 0 spiro atoms. The van der Waals surface area contributed by atoms with E-state index in [1.807, 2.05) is 17.0 Å². The molecule has 122 valence electrons. The van der Waals surface area contributed by atoms with Gasteiger partial charge in [-0.15, -0.1) is 0 Å². The number of carbonyl (C=O) groups excluding carboxylic acids is 1. The quantitative estimate of drug-likeness (QED) is 0.802. The van der Waals surface area contributed by atoms with Crippen LogP contribution in [-0.2, 0) is 4.74 Å². The van der Waals surface area contributed by atoms with Gasteiger partial charge in [0.1, 0.15) is 5.82 Å². The third kappa shape index (κ3) is 4.70. The second-order valence-electron chi connectivity index (χ2n) is 5.74. The Balaban J connectivity index is 1.90. The number of carbonyl (C=O) groups is 1. The third-order valence-corrected chi connectivity index (χ3v) is 3.82. The molecular weight excluding hydrogens is 278 g/mol. The number of hydrogen-bond acceptors (Lipinski definition) is 4. The van der Waals surface area contributed by atoms with Crippen molar-refractivity contribution in [1.82, 2.24) is 9.88 Å². The van der Waals surface area contributed by atoms with Crippen LogP contribution in [0.3, 0.4) is 0 Å². The minimum Gasteiger partial charge on any atom is -0.376 e. The fraction of sp³-hybridized carbons (Fsp3) is 0.647. The summed E-state index contributed by atoms with van der Waals surface area (Å²) in [6.07, 6.45) is 6.14. The highest BCUT2D eigenvalue weighted by Crippen LogP contribution is 2.14. The van der Waals surface area contributed by atoms with E-state index in [2.05, 4.69) is 24.1 Å². The zero-order chi connectivity index (χ0) is 15.8. The first-order chi connectivity index (χ1) is 10.7. The largest absolute Gasteiger partial charge is 0.376 e. The molecule has 5 nitrogen and oxygen atoms in total. The molecule has 1 aliphatic heterocycles. The molecule has 1 N–H and O–H groups in total. The number of nitrogens with one attached hydrogen (secondary N) is 1. The van der Waals surface area contributed by atoms with Crippen LogP contribution < -0.4 is 5.32 Å². The van der Waals surface area contributed by atoms with Gasteiger partial charge in [-0.3, -0.25) is 4.79 Å². The maximum atomic E-state index is 12.4. The highest BCUT2D eigenvalue weighted by molar-refractivity contribution is 5.94. The minimum atomic E-state index is 0.0712. The van der Waals surface area contributed by atoms with Crippen LogP contribution in [0.15, 0.2) is 18.3 Å². The van der Waals surface area contributed by atoms with E-state index in [9.17, 15) is 4.79 Å². The van der Waals surface area contributed by atoms with Crippen LogP contribution in [0.25, 0.3) is 0 Å². The van der Waals surface area contributed by atoms with E-state index in [4.69, 9.17) is 4.74 Å². The molecule has 1 amide bonds. The summed E-state index contributed by atoms with van der Waals surface area (Å²) in [7, 11) is 0. The van der Waals surface area contributed by atoms with E-state index < -0.39 is 0 Å². The smallest absolute Gasteiger partial charge is 0.255 e. The van der Waals surface area contributed by atoms with Gasteiger partial charge in [0.05, 0.1) is 11.7 Å². The van der Waals surface area contributed by atoms with E-state index >= 15 is 0 Å². The first-order valence-electron chi connectivity index (χ1n) is 8.35. The van der Waals surface area contributed by atoms with Crippen molar-refractivity contribution < 1.29 is 9.53 Å². The van der Waals surface area contributed by atoms with Crippen molar-refractivity contribution in [2.75, 3.05) is 31.6 Å². The van der Waals surface area contributed by atoms with Crippen LogP contribution in [0.4, 0.5) is 5.82 Å². The summed E-state index contributed by atoms with van der Waals surface area (Å²) in [4.78, 5) is 18.7. The van der Waals surface area contributed by atoms with Crippen molar-refractivity contribution in [3.63, 3.8) is 0 Å². The van der Waals surface area contributed by atoms with Crippen LogP contribution in [0.5, 0.6) is 0 Å². The molecule has 1 fully saturated rings. The van der Waals surface area contributed by atoms with Gasteiger partial charge in [-0.05, 0) is 37.8 Å². The summed E-state index contributed by atoms with van der Waals surface area (Å²) >= 11 is 0. The van der Waals surface area contributed by atoms with Crippen LogP contribution in [0, 0.1) is 0 Å². The second kappa shape index (κ2) is 8.73. The fourth-order valence-corrected chi connectivity index (χ4v) is 2.69. The molecule has 2 rings (SSSR count). The Labute approximate surface area is 133 Å². The van der Waals surface area contributed by atoms with E-state index in [1.54, 1.807) is 6.20 Å². The second-order valence-corrected chi connectivity index (χ2v) is 5.74. The number of anilines is 1. The van der Waals surface area contributed by atoms with Crippen LogP contribution in [0.1, 0.15) is 49.9 Å². The van der Waals surface area contributed by atoms with E-state index in [0.29, 0.717) is 5.56 Å². The average Bonchev–Trinajstić information content (AvgIpc) is 3.06. The molecule has 0 aliphatic carbocycles. The summed E-state index contributed by atoms with van der Waals surface area (Å²) in [5.74, 6) is 0.867. The van der Waals surface area contributed by atoms with Gasteiger partial charge in [-0.1, -0.05) is 13.8 Å². The van der Waals surface area contributed by atoms with Gasteiger partial charge in [-0.25, -0.2) is 4.98 Å². The van der Waals surface area contributed by atoms with Crippen LogP contribution >= 0.6 is 0 Å². The average molecular weight is 305 g/mol. The molecule has 1 atom stereocenters. The van der Waals surface area contributed by atoms with Crippen molar-refractivity contribution in [1.29, 1.82) is 0 Å². The molecule has 2 heterocycles. The maximum absolute atomic E-state index is 12.4. The Hall–Kier alpha value is -1.62. The standard InChI is InChI=1S/C17H27N3O2/c1-3-9-20(10-4-2)17(21)14-7-8-16(18-12-14)19-13-15-6-5-11-22-15/h7-8,12,15H,3-6,9-11,13H2,1-2H3,(H,18,19). The molecule has 1 aromatic rings. The summed E-state index contributed by atoms with van der Waals surface area (Å²) in [6, 6.07) is 3.73. The summed E-state index contributed by atoms with van der Waals surface area (Å²) < 4.78 is 5.57. The van der Waals surface area contributed by atoms with Crippen molar-refractivity contribution in [3.8, 4) is 0 Å². The van der Waals surface area contributed by atoms with Gasteiger partial charge in [0.2, 0.25) is 0 Å². The van der Waals surface area contributed by atoms with Gasteiger partial charge in [0.25, 0.3) is 5.91 Å². The predicted molar refractivity (Wildman–Crippen MR) is 88.2 cm³/mol. The van der Waals surface area contributed by atoms with Crippen molar-refractivity contribution >= 4 is 11.7 Å². The van der Waals surface area contributed by atoms with Gasteiger partial charge >= 0.3 is 0 Å². The number of rotatable bonds is 8. The highest BCUT2D eigenvalue weighted by atomic mass is 16.5. The molecule has 0 bridgehead atoms. The Bertz CT molecular complexity index is 449. The molecule has 0 saturated carbocycles. The lowest BCUT2D eigenvalue weighted by Crippen LogP contribution is -2.32. The topological polar surface area (TPSA) is 54.5 Å². The number of amides is 1. The zero-order valence-corrected chi connectivity index (χ0v) is 13.7. The fourth-order valence-electron chi connectivity index (χ4n) is 2.69. The van der Waals surface area contributed by atoms with E-state index in [0.717, 1.165) is 57.7 Å². The van der Waals surface area contributed by atoms with E-state index in [1.165, 1.54) is 0 Å². The van der Waals surface area contributed by atoms with Crippen LogP contribution in [-0.4, -0.2) is 48.1 Å². The Morgan fingerprint density at radius 2 is 2.14 bits per heavy atom. The predicted octanol–water partition coefficient (Wildman–Crippen LogP) is 2.93. The number of hydrogen-bond donors (Lipinski definition) is 1. The molecule has 1 aliphatic rings. The zero-order valence-electron chi connectivity index (χ0n) is 13.7. The number of nitrogens with zero attached hydrogens (tertiary/aromatic N) is 2. The van der Waals surface area contributed by atoms with Crippen LogP contribution in [0.2, 0.25) is 0 Å². The number of pyridine rings is 1. The maximum Gasteiger partial charge on any atom is 0.255 e. The molecule has 0 radical (unpaired) electrons. The molecule has 1 saturated heterocycles. The lowest BCUT2D eigenvalue weighted by Gasteiger charge is -2.21. The van der Waals surface area contributed by atoms with Gasteiger partial charge in [0, 0.05) is 32.4 Å². The number of aromatic nitrogens is 1. The lowest BCUT2D eigenvalue weighted by atomic mass is 10.2. The van der Waals surface area contributed by atoms with E-state index in [-0.39, 0.29) is 12.0 Å². The number of ether oxygens (including phenoxy) is 1. The molecule has 1 unspecified atom stereocenters. The lowest BCUT2D eigenvalue weighted by molar-refractivity contribution is 0.0755. The van der Waals surface area contributed by atoms with Gasteiger partial charge < -0.3 is 15.0 Å². The first-order valence-corrected chi connectivity index (χ1v) is 8.35. The van der Waals surface area contributed by atoms with Gasteiger partial charge in [-0.2, -0.15) is 0 Å². The summed E-state index contributed by atoms with van der Waals surface area (Å²) in [5.41, 5.74) is 0.657. The van der Waals surface area contributed by atoms with Crippen molar-refractivity contribution in [2.45, 2.75) is 45.6 Å². The Kier molecular flexibility index (Phi) is 6.65. The molecule has 22 heavy (non-hydrogen) atoms. The highest BCUT2D eigenvalue weighted by Gasteiger charge is 2.16. The Morgan fingerprint density at radius 1 is 1.36 bits per heavy atom. The monoisotopic (exact) mass is 305 g/mol. The first kappa shape index (κ1) is 16.7. The molecule has 0 aromatic carbocycles. The van der Waals surface area contributed by atoms with Crippen molar-refractivity contribution in [3.05, 3.63) is 23.9 Å². The normalized spacial score (nSPS) is 17.5. The summed E-state index contributed by atoms with van der Waals surface area (Å²) in [5, 5.41) is 3.27. The SMILES string of the molecule is CCCN(CCC)C(=O)c1ccc(NCC2CCCO2)nc1. The third-order valence-electron chi connectivity index (χ3n) is 3.82. The molecular formula is C17H27N3O2. The van der Waals surface area contributed by atoms with Crippen molar-refractivity contribution in [2.24, 2.45) is 0 Å². The Morgan fingerprint density at radius 3 is 2.68 bits per heavy atom. The molecule has 1 aromatic heterocycles. The molecule has 5 heteroatoms. The summed E-state index contributed by atoms with van der Waals surface area (Å²) in [6.45, 7) is 7.41. The minimum absolute atomic E-state index is 0.0712.